The number of benzene rings is 1. The fourth-order valence-electron chi connectivity index (χ4n) is 3.57. The van der Waals surface area contributed by atoms with Crippen LogP contribution in [0.2, 0.25) is 0 Å². The second-order valence-electron chi connectivity index (χ2n) is 8.92. The average molecular weight is 447 g/mol. The van der Waals surface area contributed by atoms with Crippen molar-refractivity contribution in [1.82, 2.24) is 14.9 Å². The summed E-state index contributed by atoms with van der Waals surface area (Å²) in [4.78, 5) is 23.4. The maximum Gasteiger partial charge on any atom is 0.410 e. The summed E-state index contributed by atoms with van der Waals surface area (Å²) in [6.07, 6.45) is 5.93. The molecule has 3 heterocycles. The topological polar surface area (TPSA) is 67.3 Å². The van der Waals surface area contributed by atoms with E-state index >= 15 is 0 Å². The van der Waals surface area contributed by atoms with Gasteiger partial charge in [0.2, 0.25) is 0 Å². The van der Waals surface area contributed by atoms with E-state index in [1.807, 2.05) is 45.0 Å². The van der Waals surface area contributed by atoms with Gasteiger partial charge in [-0.25, -0.2) is 14.2 Å². The summed E-state index contributed by atoms with van der Waals surface area (Å²) in [7, 11) is 0. The Morgan fingerprint density at radius 1 is 1.09 bits per heavy atom. The molecule has 1 amide bonds. The van der Waals surface area contributed by atoms with Crippen LogP contribution < -0.4 is 5.32 Å². The first-order valence-electron chi connectivity index (χ1n) is 10.9. The lowest BCUT2D eigenvalue weighted by atomic mass is 10.0. The lowest BCUT2D eigenvalue weighted by molar-refractivity contribution is 0.0273. The van der Waals surface area contributed by atoms with Gasteiger partial charge in [-0.1, -0.05) is 12.1 Å². The van der Waals surface area contributed by atoms with E-state index in [4.69, 9.17) is 9.72 Å². The normalized spacial score (nSPS) is 13.9. The molecule has 170 valence electrons. The summed E-state index contributed by atoms with van der Waals surface area (Å²) >= 11 is 0. The molecule has 0 bridgehead atoms. The first-order chi connectivity index (χ1) is 15.8. The number of pyridine rings is 2. The van der Waals surface area contributed by atoms with E-state index in [1.54, 1.807) is 29.4 Å². The minimum atomic E-state index is -0.557. The number of rotatable bonds is 4. The van der Waals surface area contributed by atoms with Gasteiger partial charge in [0.25, 0.3) is 0 Å². The quantitative estimate of drug-likeness (QED) is 0.528. The molecular formula is C26H27FN4O2. The number of ether oxygens (including phenoxy) is 1. The van der Waals surface area contributed by atoms with Crippen molar-refractivity contribution in [3.05, 3.63) is 78.5 Å². The van der Waals surface area contributed by atoms with Gasteiger partial charge in [0.15, 0.2) is 0 Å². The Balaban J connectivity index is 1.66. The highest BCUT2D eigenvalue weighted by Crippen LogP contribution is 2.29. The van der Waals surface area contributed by atoms with Gasteiger partial charge in [0.05, 0.1) is 17.9 Å². The zero-order chi connectivity index (χ0) is 23.4. The summed E-state index contributed by atoms with van der Waals surface area (Å²) < 4.78 is 19.3. The molecule has 2 aromatic heterocycles. The van der Waals surface area contributed by atoms with Crippen molar-refractivity contribution in [2.24, 2.45) is 0 Å². The maximum absolute atomic E-state index is 13.7. The first-order valence-corrected chi connectivity index (χ1v) is 10.9. The molecule has 1 aliphatic heterocycles. The zero-order valence-electron chi connectivity index (χ0n) is 19.0. The molecule has 0 aliphatic carbocycles. The highest BCUT2D eigenvalue weighted by Gasteiger charge is 2.25. The lowest BCUT2D eigenvalue weighted by Crippen LogP contribution is -2.39. The molecule has 1 aliphatic rings. The fraction of sp³-hybridized carbons (Fsp3) is 0.269. The molecule has 0 spiro atoms. The lowest BCUT2D eigenvalue weighted by Gasteiger charge is -2.30. The highest BCUT2D eigenvalue weighted by molar-refractivity contribution is 5.78. The van der Waals surface area contributed by atoms with Gasteiger partial charge in [-0.15, -0.1) is 0 Å². The van der Waals surface area contributed by atoms with E-state index in [-0.39, 0.29) is 11.9 Å². The number of aromatic nitrogens is 2. The van der Waals surface area contributed by atoms with E-state index in [9.17, 15) is 9.18 Å². The predicted octanol–water partition coefficient (Wildman–Crippen LogP) is 6.05. The van der Waals surface area contributed by atoms with Crippen LogP contribution >= 0.6 is 0 Å². The molecule has 1 aromatic carbocycles. The van der Waals surface area contributed by atoms with Gasteiger partial charge in [-0.2, -0.15) is 0 Å². The molecule has 0 unspecified atom stereocenters. The maximum atomic E-state index is 13.7. The Hall–Kier alpha value is -3.74. The van der Waals surface area contributed by atoms with Crippen LogP contribution in [-0.2, 0) is 4.74 Å². The molecule has 6 nitrogen and oxygen atoms in total. The molecule has 33 heavy (non-hydrogen) atoms. The molecule has 4 rings (SSSR count). The Morgan fingerprint density at radius 3 is 2.64 bits per heavy atom. The molecule has 3 aromatic rings. The Bertz CT molecular complexity index is 1170. The van der Waals surface area contributed by atoms with Crippen molar-refractivity contribution in [1.29, 1.82) is 0 Å². The Kier molecular flexibility index (Phi) is 6.40. The summed E-state index contributed by atoms with van der Waals surface area (Å²) in [6, 6.07) is 13.9. The van der Waals surface area contributed by atoms with Crippen LogP contribution in [0.25, 0.3) is 16.8 Å². The number of halogens is 1. The summed E-state index contributed by atoms with van der Waals surface area (Å²) in [5, 5.41) is 3.27. The van der Waals surface area contributed by atoms with Crippen molar-refractivity contribution < 1.29 is 13.9 Å². The molecule has 0 radical (unpaired) electrons. The van der Waals surface area contributed by atoms with Crippen molar-refractivity contribution in [2.45, 2.75) is 32.8 Å². The minimum Gasteiger partial charge on any atom is -0.444 e. The van der Waals surface area contributed by atoms with Crippen LogP contribution in [0.4, 0.5) is 20.6 Å². The number of hydrogen-bond donors (Lipinski definition) is 1. The Labute approximate surface area is 193 Å². The van der Waals surface area contributed by atoms with Gasteiger partial charge >= 0.3 is 6.09 Å². The monoisotopic (exact) mass is 446 g/mol. The van der Waals surface area contributed by atoms with E-state index in [0.29, 0.717) is 25.2 Å². The van der Waals surface area contributed by atoms with Crippen molar-refractivity contribution in [2.75, 3.05) is 18.4 Å². The summed E-state index contributed by atoms with van der Waals surface area (Å²) in [5.74, 6) is -0.315. The molecule has 0 saturated heterocycles. The van der Waals surface area contributed by atoms with Crippen molar-refractivity contribution >= 4 is 23.0 Å². The number of carbonyl (C=O) groups excluding carboxylic acids is 1. The fourth-order valence-corrected chi connectivity index (χ4v) is 3.57. The van der Waals surface area contributed by atoms with Crippen LogP contribution in [0, 0.1) is 5.82 Å². The third-order valence-electron chi connectivity index (χ3n) is 5.03. The van der Waals surface area contributed by atoms with E-state index in [2.05, 4.69) is 16.4 Å². The predicted molar refractivity (Wildman–Crippen MR) is 128 cm³/mol. The summed E-state index contributed by atoms with van der Waals surface area (Å²) in [6.45, 7) is 6.56. The van der Waals surface area contributed by atoms with Crippen LogP contribution in [0.15, 0.2) is 67.0 Å². The number of carbonyl (C=O) groups is 1. The first kappa shape index (κ1) is 22.5. The number of nitrogens with one attached hydrogen (secondary N) is 1. The number of hydrogen-bond acceptors (Lipinski definition) is 5. The molecule has 7 heteroatoms. The van der Waals surface area contributed by atoms with E-state index < -0.39 is 5.60 Å². The molecular weight excluding hydrogens is 419 g/mol. The smallest absolute Gasteiger partial charge is 0.410 e. The average Bonchev–Trinajstić information content (AvgIpc) is 2.78. The second kappa shape index (κ2) is 9.40. The SMILES string of the molecule is CC(C)(C)OC(=O)N1CCC=C(c2cc(Nc3cccc(F)c3)cc(-c3cccnc3)n2)C1. The van der Waals surface area contributed by atoms with Crippen molar-refractivity contribution in [3.63, 3.8) is 0 Å². The number of nitrogens with zero attached hydrogens (tertiary/aromatic N) is 3. The van der Waals surface area contributed by atoms with Gasteiger partial charge in [0, 0.05) is 35.9 Å². The van der Waals surface area contributed by atoms with Crippen LogP contribution in [0.3, 0.4) is 0 Å². The third kappa shape index (κ3) is 5.94. The number of anilines is 2. The Morgan fingerprint density at radius 2 is 1.91 bits per heavy atom. The van der Waals surface area contributed by atoms with E-state index in [0.717, 1.165) is 28.2 Å². The molecule has 0 saturated carbocycles. The largest absolute Gasteiger partial charge is 0.444 e. The molecule has 0 fully saturated rings. The van der Waals surface area contributed by atoms with E-state index in [1.165, 1.54) is 12.1 Å². The summed E-state index contributed by atoms with van der Waals surface area (Å²) in [5.41, 5.74) is 4.11. The molecule has 0 atom stereocenters. The second-order valence-corrected chi connectivity index (χ2v) is 8.92. The third-order valence-corrected chi connectivity index (χ3v) is 5.03. The standard InChI is InChI=1S/C26H27FN4O2/c1-26(2,3)33-25(32)31-12-6-8-19(17-31)24-15-22(29-21-10-4-9-20(27)13-21)14-23(30-24)18-7-5-11-28-16-18/h4-5,7-11,13-16H,6,12,17H2,1-3H3,(H,29,30). The molecule has 1 N–H and O–H groups in total. The minimum absolute atomic E-state index is 0.315. The van der Waals surface area contributed by atoms with Gasteiger partial charge in [-0.3, -0.25) is 4.98 Å². The van der Waals surface area contributed by atoms with Crippen LogP contribution in [0.5, 0.6) is 0 Å². The van der Waals surface area contributed by atoms with Crippen molar-refractivity contribution in [3.8, 4) is 11.3 Å². The number of amides is 1. The van der Waals surface area contributed by atoms with Crippen LogP contribution in [0.1, 0.15) is 32.9 Å². The van der Waals surface area contributed by atoms with Gasteiger partial charge in [-0.05, 0) is 75.2 Å². The van der Waals surface area contributed by atoms with Gasteiger partial charge < -0.3 is 15.0 Å². The zero-order valence-corrected chi connectivity index (χ0v) is 19.0. The van der Waals surface area contributed by atoms with Crippen LogP contribution in [-0.4, -0.2) is 39.7 Å². The highest BCUT2D eigenvalue weighted by atomic mass is 19.1. The van der Waals surface area contributed by atoms with Gasteiger partial charge in [0.1, 0.15) is 11.4 Å².